The Morgan fingerprint density at radius 3 is 2.27 bits per heavy atom. The number of rotatable bonds is 8. The number of alkyl halides is 3. The van der Waals surface area contributed by atoms with Gasteiger partial charge in [-0.3, -0.25) is 20.4 Å². The Kier molecular flexibility index (Phi) is 8.71. The fraction of sp³-hybridized carbons (Fsp3) is 0.179. The van der Waals surface area contributed by atoms with Crippen LogP contribution in [0.5, 0.6) is 0 Å². The number of ether oxygens (including phenoxy) is 1. The van der Waals surface area contributed by atoms with Crippen LogP contribution < -0.4 is 16.4 Å². The molecule has 2 aromatic carbocycles. The van der Waals surface area contributed by atoms with Crippen LogP contribution in [0.2, 0.25) is 5.02 Å². The second-order valence-electron chi connectivity index (χ2n) is 8.77. The van der Waals surface area contributed by atoms with Crippen molar-refractivity contribution in [1.29, 1.82) is 0 Å². The van der Waals surface area contributed by atoms with E-state index in [2.05, 4.69) is 25.8 Å². The summed E-state index contributed by atoms with van der Waals surface area (Å²) in [5.41, 5.74) is 5.80. The standard InChI is InChI=1S/C28H22ClF3N6O3/c1-16-19(8-13-22(34-16)28(30,31)32)14-38-27(40)25(18-6-11-21(33-2)12-7-18)24(17-4-9-20(29)10-5-17)26(37-38)36-35-23(39)15-41-3/h4-13H,14-15H2,1,3H3,(H,35,39)(H,36,37). The van der Waals surface area contributed by atoms with Crippen molar-refractivity contribution in [2.24, 2.45) is 0 Å². The maximum absolute atomic E-state index is 14.0. The maximum Gasteiger partial charge on any atom is 0.433 e. The molecule has 2 aromatic heterocycles. The lowest BCUT2D eigenvalue weighted by Crippen LogP contribution is -2.35. The molecule has 2 heterocycles. The van der Waals surface area contributed by atoms with E-state index in [1.165, 1.54) is 20.1 Å². The summed E-state index contributed by atoms with van der Waals surface area (Å²) in [5, 5.41) is 4.89. The van der Waals surface area contributed by atoms with Crippen molar-refractivity contribution in [3.8, 4) is 22.3 Å². The van der Waals surface area contributed by atoms with E-state index in [0.29, 0.717) is 33.0 Å². The number of methoxy groups -OCH3 is 1. The Hall–Kier alpha value is -4.73. The monoisotopic (exact) mass is 582 g/mol. The number of amides is 1. The van der Waals surface area contributed by atoms with E-state index in [1.54, 1.807) is 48.5 Å². The van der Waals surface area contributed by atoms with Crippen LogP contribution in [0.25, 0.3) is 27.1 Å². The summed E-state index contributed by atoms with van der Waals surface area (Å²) in [6.45, 7) is 8.19. The topological polar surface area (TPSA) is 102 Å². The first-order valence-corrected chi connectivity index (χ1v) is 12.4. The number of carbonyl (C=O) groups excluding carboxylic acids is 1. The molecule has 0 saturated heterocycles. The summed E-state index contributed by atoms with van der Waals surface area (Å²) in [5.74, 6) is -0.460. The predicted molar refractivity (Wildman–Crippen MR) is 147 cm³/mol. The van der Waals surface area contributed by atoms with Crippen molar-refractivity contribution in [3.63, 3.8) is 0 Å². The lowest BCUT2D eigenvalue weighted by Gasteiger charge is -2.19. The molecule has 0 bridgehead atoms. The van der Waals surface area contributed by atoms with Gasteiger partial charge in [-0.2, -0.15) is 13.2 Å². The number of aromatic nitrogens is 3. The van der Waals surface area contributed by atoms with Gasteiger partial charge in [-0.25, -0.2) is 14.5 Å². The quantitative estimate of drug-likeness (QED) is 0.206. The third-order valence-electron chi connectivity index (χ3n) is 5.98. The number of hydrogen-bond acceptors (Lipinski definition) is 6. The van der Waals surface area contributed by atoms with Crippen molar-refractivity contribution in [2.45, 2.75) is 19.6 Å². The lowest BCUT2D eigenvalue weighted by molar-refractivity contribution is -0.141. The fourth-order valence-corrected chi connectivity index (χ4v) is 4.13. The third-order valence-corrected chi connectivity index (χ3v) is 6.23. The number of anilines is 1. The molecular formula is C28H22ClF3N6O3. The van der Waals surface area contributed by atoms with Crippen molar-refractivity contribution < 1.29 is 22.7 Å². The summed E-state index contributed by atoms with van der Waals surface area (Å²) in [4.78, 5) is 33.2. The number of hydrogen-bond donors (Lipinski definition) is 2. The molecule has 4 rings (SSSR count). The van der Waals surface area contributed by atoms with Gasteiger partial charge in [-0.15, -0.1) is 5.10 Å². The van der Waals surface area contributed by atoms with Crippen molar-refractivity contribution in [3.05, 3.63) is 104 Å². The smallest absolute Gasteiger partial charge is 0.375 e. The van der Waals surface area contributed by atoms with Crippen molar-refractivity contribution in [2.75, 3.05) is 19.1 Å². The molecule has 0 unspecified atom stereocenters. The Labute approximate surface area is 237 Å². The Morgan fingerprint density at radius 2 is 1.68 bits per heavy atom. The van der Waals surface area contributed by atoms with E-state index >= 15 is 0 Å². The molecular weight excluding hydrogens is 561 g/mol. The second kappa shape index (κ2) is 12.2. The highest BCUT2D eigenvalue weighted by Gasteiger charge is 2.32. The molecule has 0 aliphatic rings. The van der Waals surface area contributed by atoms with Crippen LogP contribution in [0.3, 0.4) is 0 Å². The first-order valence-electron chi connectivity index (χ1n) is 12.0. The van der Waals surface area contributed by atoms with Crippen molar-refractivity contribution in [1.82, 2.24) is 20.2 Å². The molecule has 0 aliphatic heterocycles. The number of aryl methyl sites for hydroxylation is 1. The van der Waals surface area contributed by atoms with E-state index in [-0.39, 0.29) is 30.2 Å². The number of carbonyl (C=O) groups is 1. The normalized spacial score (nSPS) is 11.1. The van der Waals surface area contributed by atoms with Crippen LogP contribution in [-0.4, -0.2) is 34.4 Å². The first kappa shape index (κ1) is 29.3. The van der Waals surface area contributed by atoms with E-state index in [0.717, 1.165) is 10.7 Å². The van der Waals surface area contributed by atoms with Crippen LogP contribution in [0.15, 0.2) is 65.5 Å². The van der Waals surface area contributed by atoms with Gasteiger partial charge in [0.25, 0.3) is 11.5 Å². The third kappa shape index (κ3) is 6.71. The minimum atomic E-state index is -4.62. The molecule has 9 nitrogen and oxygen atoms in total. The van der Waals surface area contributed by atoms with E-state index in [9.17, 15) is 22.8 Å². The van der Waals surface area contributed by atoms with Crippen molar-refractivity contribution >= 4 is 29.0 Å². The molecule has 0 spiro atoms. The minimum absolute atomic E-state index is 0.0677. The van der Waals surface area contributed by atoms with Gasteiger partial charge in [0.05, 0.1) is 18.7 Å². The number of hydrazine groups is 1. The van der Waals surface area contributed by atoms with Gasteiger partial charge in [0.1, 0.15) is 12.3 Å². The Balaban J connectivity index is 1.95. The van der Waals surface area contributed by atoms with Crippen LogP contribution in [0.4, 0.5) is 24.7 Å². The molecule has 41 heavy (non-hydrogen) atoms. The molecule has 4 aromatic rings. The van der Waals surface area contributed by atoms with Gasteiger partial charge in [0.2, 0.25) is 0 Å². The molecule has 0 fully saturated rings. The zero-order valence-corrected chi connectivity index (χ0v) is 22.5. The zero-order chi connectivity index (χ0) is 29.7. The maximum atomic E-state index is 14.0. The Bertz CT molecular complexity index is 1680. The molecule has 210 valence electrons. The average Bonchev–Trinajstić information content (AvgIpc) is 2.94. The van der Waals surface area contributed by atoms with Crippen LogP contribution in [0.1, 0.15) is 17.0 Å². The second-order valence-corrected chi connectivity index (χ2v) is 9.21. The number of pyridine rings is 1. The van der Waals surface area contributed by atoms with Gasteiger partial charge >= 0.3 is 6.18 Å². The van der Waals surface area contributed by atoms with Gasteiger partial charge < -0.3 is 4.74 Å². The lowest BCUT2D eigenvalue weighted by atomic mass is 9.96. The van der Waals surface area contributed by atoms with Crippen LogP contribution in [-0.2, 0) is 22.3 Å². The summed E-state index contributed by atoms with van der Waals surface area (Å²) >= 11 is 6.09. The molecule has 0 radical (unpaired) electrons. The molecule has 0 saturated carbocycles. The highest BCUT2D eigenvalue weighted by Crippen LogP contribution is 2.36. The van der Waals surface area contributed by atoms with Crippen LogP contribution in [0, 0.1) is 13.5 Å². The molecule has 1 amide bonds. The SMILES string of the molecule is [C-]#[N+]c1ccc(-c2c(-c3ccc(Cl)cc3)c(NNC(=O)COC)nn(Cc3ccc(C(F)(F)F)nc3C)c2=O)cc1. The highest BCUT2D eigenvalue weighted by atomic mass is 35.5. The number of nitrogens with zero attached hydrogens (tertiary/aromatic N) is 4. The van der Waals surface area contributed by atoms with Gasteiger partial charge in [0.15, 0.2) is 11.5 Å². The zero-order valence-electron chi connectivity index (χ0n) is 21.7. The highest BCUT2D eigenvalue weighted by molar-refractivity contribution is 6.30. The molecule has 2 N–H and O–H groups in total. The summed E-state index contributed by atoms with van der Waals surface area (Å²) < 4.78 is 45.4. The van der Waals surface area contributed by atoms with Crippen LogP contribution >= 0.6 is 11.6 Å². The summed E-state index contributed by atoms with van der Waals surface area (Å²) in [7, 11) is 1.35. The van der Waals surface area contributed by atoms with E-state index in [4.69, 9.17) is 22.9 Å². The van der Waals surface area contributed by atoms with Gasteiger partial charge in [0, 0.05) is 23.4 Å². The Morgan fingerprint density at radius 1 is 1.05 bits per heavy atom. The van der Waals surface area contributed by atoms with Gasteiger partial charge in [-0.1, -0.05) is 54.1 Å². The van der Waals surface area contributed by atoms with E-state index < -0.39 is 23.3 Å². The molecule has 13 heteroatoms. The molecule has 0 aliphatic carbocycles. The molecule has 0 atom stereocenters. The number of benzene rings is 2. The van der Waals surface area contributed by atoms with Gasteiger partial charge in [-0.05, 0) is 41.8 Å². The van der Waals surface area contributed by atoms with E-state index in [1.807, 2.05) is 0 Å². The predicted octanol–water partition coefficient (Wildman–Crippen LogP) is 5.64. The largest absolute Gasteiger partial charge is 0.433 e. The first-order chi connectivity index (χ1) is 19.5. The summed E-state index contributed by atoms with van der Waals surface area (Å²) in [6, 6.07) is 15.0. The summed E-state index contributed by atoms with van der Waals surface area (Å²) in [6.07, 6.45) is -4.62. The number of nitrogens with one attached hydrogen (secondary N) is 2. The fourth-order valence-electron chi connectivity index (χ4n) is 4.01. The number of halogens is 4. The minimum Gasteiger partial charge on any atom is -0.375 e. The average molecular weight is 583 g/mol.